The Labute approximate surface area is 108 Å². The van der Waals surface area contributed by atoms with Gasteiger partial charge in [0, 0.05) is 38.2 Å². The molecular formula is C13H21N5. The van der Waals surface area contributed by atoms with Crippen LogP contribution in [0, 0.1) is 6.92 Å². The predicted octanol–water partition coefficient (Wildman–Crippen LogP) is 1.55. The Morgan fingerprint density at radius 3 is 2.67 bits per heavy atom. The second kappa shape index (κ2) is 5.35. The van der Waals surface area contributed by atoms with Gasteiger partial charge in [0.1, 0.15) is 5.82 Å². The number of hydrogen-bond donors (Lipinski definition) is 1. The monoisotopic (exact) mass is 247 g/mol. The maximum absolute atomic E-state index is 4.46. The number of rotatable bonds is 5. The Balaban J connectivity index is 2.37. The average Bonchev–Trinajstić information content (AvgIpc) is 2.87. The minimum Gasteiger partial charge on any atom is -0.336 e. The van der Waals surface area contributed by atoms with Crippen molar-refractivity contribution in [3.8, 4) is 0 Å². The Kier molecular flexibility index (Phi) is 3.81. The molecule has 5 heteroatoms. The first kappa shape index (κ1) is 12.8. The Morgan fingerprint density at radius 1 is 1.39 bits per heavy atom. The van der Waals surface area contributed by atoms with Crippen molar-refractivity contribution in [3.05, 3.63) is 35.7 Å². The molecule has 0 aliphatic carbocycles. The van der Waals surface area contributed by atoms with Gasteiger partial charge in [-0.3, -0.25) is 4.68 Å². The summed E-state index contributed by atoms with van der Waals surface area (Å²) in [5.74, 6) is 1.03. The summed E-state index contributed by atoms with van der Waals surface area (Å²) in [4.78, 5) is 4.46. The van der Waals surface area contributed by atoms with Crippen LogP contribution in [0.5, 0.6) is 0 Å². The van der Waals surface area contributed by atoms with Crippen LogP contribution in [0.15, 0.2) is 18.6 Å². The summed E-state index contributed by atoms with van der Waals surface area (Å²) in [7, 11) is 3.97. The Hall–Kier alpha value is -1.62. The third-order valence-corrected chi connectivity index (χ3v) is 3.08. The van der Waals surface area contributed by atoms with E-state index in [1.54, 1.807) is 0 Å². The van der Waals surface area contributed by atoms with Gasteiger partial charge in [0.15, 0.2) is 0 Å². The molecule has 0 bridgehead atoms. The van der Waals surface area contributed by atoms with Gasteiger partial charge in [0.25, 0.3) is 0 Å². The molecule has 0 saturated heterocycles. The molecule has 0 saturated carbocycles. The molecular weight excluding hydrogens is 226 g/mol. The third kappa shape index (κ3) is 2.46. The molecule has 98 valence electrons. The van der Waals surface area contributed by atoms with Crippen molar-refractivity contribution >= 4 is 0 Å². The van der Waals surface area contributed by atoms with Crippen LogP contribution >= 0.6 is 0 Å². The van der Waals surface area contributed by atoms with Crippen LogP contribution in [0.4, 0.5) is 0 Å². The second-order valence-electron chi connectivity index (χ2n) is 4.63. The largest absolute Gasteiger partial charge is 0.336 e. The van der Waals surface area contributed by atoms with Gasteiger partial charge < -0.3 is 9.88 Å². The van der Waals surface area contributed by atoms with Gasteiger partial charge in [-0.25, -0.2) is 4.98 Å². The zero-order valence-corrected chi connectivity index (χ0v) is 11.5. The molecule has 2 heterocycles. The lowest BCUT2D eigenvalue weighted by atomic mass is 10.1. The van der Waals surface area contributed by atoms with Crippen molar-refractivity contribution in [2.45, 2.75) is 26.3 Å². The number of nitrogens with zero attached hydrogens (tertiary/aromatic N) is 4. The molecule has 2 rings (SSSR count). The highest BCUT2D eigenvalue weighted by atomic mass is 15.3. The number of imidazole rings is 1. The van der Waals surface area contributed by atoms with E-state index < -0.39 is 0 Å². The van der Waals surface area contributed by atoms with Crippen LogP contribution in [0.1, 0.15) is 36.5 Å². The molecule has 0 radical (unpaired) electrons. The van der Waals surface area contributed by atoms with Gasteiger partial charge in [-0.05, 0) is 19.9 Å². The maximum atomic E-state index is 4.46. The van der Waals surface area contributed by atoms with Crippen molar-refractivity contribution < 1.29 is 0 Å². The van der Waals surface area contributed by atoms with Gasteiger partial charge in [-0.15, -0.1) is 0 Å². The summed E-state index contributed by atoms with van der Waals surface area (Å²) in [6.07, 6.45) is 6.97. The summed E-state index contributed by atoms with van der Waals surface area (Å²) in [5.41, 5.74) is 2.24. The molecule has 2 aromatic heterocycles. The van der Waals surface area contributed by atoms with E-state index in [1.807, 2.05) is 38.1 Å². The number of aryl methyl sites for hydroxylation is 3. The van der Waals surface area contributed by atoms with E-state index in [2.05, 4.69) is 33.1 Å². The molecule has 1 unspecified atom stereocenters. The third-order valence-electron chi connectivity index (χ3n) is 3.08. The summed E-state index contributed by atoms with van der Waals surface area (Å²) in [5, 5.41) is 7.97. The van der Waals surface area contributed by atoms with Crippen molar-refractivity contribution in [2.75, 3.05) is 6.54 Å². The maximum Gasteiger partial charge on any atom is 0.130 e. The second-order valence-corrected chi connectivity index (χ2v) is 4.63. The number of nitrogens with one attached hydrogen (secondary N) is 1. The lowest BCUT2D eigenvalue weighted by molar-refractivity contribution is 0.553. The molecule has 1 atom stereocenters. The summed E-state index contributed by atoms with van der Waals surface area (Å²) < 4.78 is 3.91. The lowest BCUT2D eigenvalue weighted by Gasteiger charge is -2.17. The minimum atomic E-state index is 0.110. The number of aromatic nitrogens is 4. The van der Waals surface area contributed by atoms with E-state index >= 15 is 0 Å². The molecule has 0 aliphatic rings. The molecule has 0 amide bonds. The topological polar surface area (TPSA) is 47.7 Å². The average molecular weight is 247 g/mol. The Morgan fingerprint density at radius 2 is 2.17 bits per heavy atom. The first-order valence-electron chi connectivity index (χ1n) is 6.34. The molecule has 0 aromatic carbocycles. The van der Waals surface area contributed by atoms with E-state index in [1.165, 1.54) is 5.56 Å². The highest BCUT2D eigenvalue weighted by Gasteiger charge is 2.21. The number of hydrogen-bond acceptors (Lipinski definition) is 3. The first-order chi connectivity index (χ1) is 8.63. The molecule has 0 spiro atoms. The fourth-order valence-corrected chi connectivity index (χ4v) is 2.19. The normalized spacial score (nSPS) is 12.9. The first-order valence-corrected chi connectivity index (χ1v) is 6.34. The Bertz CT molecular complexity index is 511. The van der Waals surface area contributed by atoms with Crippen LogP contribution in [0.2, 0.25) is 0 Å². The van der Waals surface area contributed by atoms with Gasteiger partial charge >= 0.3 is 0 Å². The van der Waals surface area contributed by atoms with Crippen LogP contribution in [-0.2, 0) is 14.1 Å². The fraction of sp³-hybridized carbons (Fsp3) is 0.538. The minimum absolute atomic E-state index is 0.110. The SMILES string of the molecule is CCCNC(c1cn(C)nc1C)c1nccn1C. The van der Waals surface area contributed by atoms with Crippen molar-refractivity contribution in [1.82, 2.24) is 24.6 Å². The molecule has 1 N–H and O–H groups in total. The van der Waals surface area contributed by atoms with Crippen molar-refractivity contribution in [1.29, 1.82) is 0 Å². The van der Waals surface area contributed by atoms with E-state index in [0.29, 0.717) is 0 Å². The van der Waals surface area contributed by atoms with Crippen molar-refractivity contribution in [3.63, 3.8) is 0 Å². The van der Waals surface area contributed by atoms with E-state index in [4.69, 9.17) is 0 Å². The molecule has 18 heavy (non-hydrogen) atoms. The lowest BCUT2D eigenvalue weighted by Crippen LogP contribution is -2.26. The van der Waals surface area contributed by atoms with Gasteiger partial charge in [0.2, 0.25) is 0 Å². The fourth-order valence-electron chi connectivity index (χ4n) is 2.19. The summed E-state index contributed by atoms with van der Waals surface area (Å²) in [6, 6.07) is 0.110. The zero-order valence-electron chi connectivity index (χ0n) is 11.5. The van der Waals surface area contributed by atoms with E-state index in [-0.39, 0.29) is 6.04 Å². The zero-order chi connectivity index (χ0) is 13.1. The highest BCUT2D eigenvalue weighted by Crippen LogP contribution is 2.22. The molecule has 5 nitrogen and oxygen atoms in total. The van der Waals surface area contributed by atoms with Gasteiger partial charge in [-0.1, -0.05) is 6.92 Å². The van der Waals surface area contributed by atoms with E-state index in [0.717, 1.165) is 24.5 Å². The van der Waals surface area contributed by atoms with Gasteiger partial charge in [0.05, 0.1) is 11.7 Å². The van der Waals surface area contributed by atoms with Gasteiger partial charge in [-0.2, -0.15) is 5.10 Å². The summed E-state index contributed by atoms with van der Waals surface area (Å²) >= 11 is 0. The predicted molar refractivity (Wildman–Crippen MR) is 71.3 cm³/mol. The van der Waals surface area contributed by atoms with Crippen LogP contribution < -0.4 is 5.32 Å². The molecule has 0 fully saturated rings. The van der Waals surface area contributed by atoms with Crippen molar-refractivity contribution in [2.24, 2.45) is 14.1 Å². The highest BCUT2D eigenvalue weighted by molar-refractivity contribution is 5.26. The summed E-state index contributed by atoms with van der Waals surface area (Å²) in [6.45, 7) is 5.17. The smallest absolute Gasteiger partial charge is 0.130 e. The standard InChI is InChI=1S/C13H21N5/c1-5-6-14-12(13-15-7-8-17(13)3)11-9-18(4)16-10(11)2/h7-9,12,14H,5-6H2,1-4H3. The van der Waals surface area contributed by atoms with E-state index in [9.17, 15) is 0 Å². The van der Waals surface area contributed by atoms with Crippen LogP contribution in [-0.4, -0.2) is 25.9 Å². The van der Waals surface area contributed by atoms with Crippen LogP contribution in [0.3, 0.4) is 0 Å². The molecule has 0 aliphatic heterocycles. The quantitative estimate of drug-likeness (QED) is 0.872. The van der Waals surface area contributed by atoms with Crippen LogP contribution in [0.25, 0.3) is 0 Å². The molecule has 2 aromatic rings.